The van der Waals surface area contributed by atoms with Gasteiger partial charge in [0, 0.05) is 6.54 Å². The highest BCUT2D eigenvalue weighted by Crippen LogP contribution is 2.23. The second-order valence-electron chi connectivity index (χ2n) is 4.28. The fourth-order valence-electron chi connectivity index (χ4n) is 1.74. The van der Waals surface area contributed by atoms with E-state index < -0.39 is 5.60 Å². The van der Waals surface area contributed by atoms with Crippen molar-refractivity contribution in [2.75, 3.05) is 20.6 Å². The minimum Gasteiger partial charge on any atom is -0.390 e. The third kappa shape index (κ3) is 6.05. The monoisotopic (exact) mass is 187 g/mol. The van der Waals surface area contributed by atoms with E-state index >= 15 is 0 Å². The van der Waals surface area contributed by atoms with Gasteiger partial charge in [-0.3, -0.25) is 0 Å². The largest absolute Gasteiger partial charge is 0.390 e. The summed E-state index contributed by atoms with van der Waals surface area (Å²) in [6.07, 6.45) is 4.93. The molecule has 0 aliphatic carbocycles. The minimum atomic E-state index is -0.409. The zero-order chi connectivity index (χ0) is 10.3. The van der Waals surface area contributed by atoms with E-state index in [-0.39, 0.29) is 0 Å². The maximum Gasteiger partial charge on any atom is 0.0659 e. The Hall–Kier alpha value is -0.0800. The number of hydrogen-bond acceptors (Lipinski definition) is 2. The Morgan fingerprint density at radius 3 is 1.77 bits per heavy atom. The molecule has 0 aromatic rings. The first-order chi connectivity index (χ1) is 6.04. The lowest BCUT2D eigenvalue weighted by molar-refractivity contribution is 0.00738. The van der Waals surface area contributed by atoms with Crippen molar-refractivity contribution in [3.05, 3.63) is 0 Å². The predicted molar refractivity (Wildman–Crippen MR) is 57.9 cm³/mol. The predicted octanol–water partition coefficient (Wildman–Crippen LogP) is 2.27. The lowest BCUT2D eigenvalue weighted by Gasteiger charge is -2.28. The van der Waals surface area contributed by atoms with Crippen molar-refractivity contribution in [1.82, 2.24) is 4.90 Å². The molecule has 0 bridgehead atoms. The van der Waals surface area contributed by atoms with Crippen LogP contribution in [-0.2, 0) is 0 Å². The van der Waals surface area contributed by atoms with Crippen LogP contribution in [0, 0.1) is 0 Å². The minimum absolute atomic E-state index is 0.409. The van der Waals surface area contributed by atoms with Gasteiger partial charge in [-0.25, -0.2) is 0 Å². The molecule has 0 atom stereocenters. The molecular formula is C11H25NO. The molecule has 0 aliphatic heterocycles. The van der Waals surface area contributed by atoms with E-state index in [9.17, 15) is 5.11 Å². The second-order valence-corrected chi connectivity index (χ2v) is 4.28. The standard InChI is InChI=1S/C11H25NO/c1-5-7-11(13,8-6-2)9-10-12(3)4/h13H,5-10H2,1-4H3. The fraction of sp³-hybridized carbons (Fsp3) is 1.00. The van der Waals surface area contributed by atoms with Crippen molar-refractivity contribution in [2.45, 2.75) is 51.6 Å². The van der Waals surface area contributed by atoms with Crippen molar-refractivity contribution < 1.29 is 5.11 Å². The van der Waals surface area contributed by atoms with E-state index in [1.807, 2.05) is 0 Å². The van der Waals surface area contributed by atoms with E-state index in [0.29, 0.717) is 0 Å². The molecular weight excluding hydrogens is 162 g/mol. The van der Waals surface area contributed by atoms with Gasteiger partial charge in [-0.1, -0.05) is 26.7 Å². The van der Waals surface area contributed by atoms with Gasteiger partial charge in [0.2, 0.25) is 0 Å². The summed E-state index contributed by atoms with van der Waals surface area (Å²) in [4.78, 5) is 2.14. The van der Waals surface area contributed by atoms with E-state index in [2.05, 4.69) is 32.8 Å². The molecule has 2 heteroatoms. The van der Waals surface area contributed by atoms with Crippen molar-refractivity contribution >= 4 is 0 Å². The molecule has 0 unspecified atom stereocenters. The SMILES string of the molecule is CCCC(O)(CCC)CCN(C)C. The van der Waals surface area contributed by atoms with Gasteiger partial charge in [0.1, 0.15) is 0 Å². The Morgan fingerprint density at radius 2 is 1.46 bits per heavy atom. The first-order valence-electron chi connectivity index (χ1n) is 5.41. The maximum absolute atomic E-state index is 10.2. The van der Waals surface area contributed by atoms with Crippen LogP contribution in [0.5, 0.6) is 0 Å². The third-order valence-electron chi connectivity index (χ3n) is 2.46. The summed E-state index contributed by atoms with van der Waals surface area (Å²) in [7, 11) is 4.11. The van der Waals surface area contributed by atoms with Gasteiger partial charge in [0.25, 0.3) is 0 Å². The average molecular weight is 187 g/mol. The van der Waals surface area contributed by atoms with Crippen molar-refractivity contribution in [2.24, 2.45) is 0 Å². The highest BCUT2D eigenvalue weighted by Gasteiger charge is 2.24. The summed E-state index contributed by atoms with van der Waals surface area (Å²) in [6, 6.07) is 0. The van der Waals surface area contributed by atoms with Gasteiger partial charge < -0.3 is 10.0 Å². The molecule has 0 heterocycles. The van der Waals surface area contributed by atoms with Crippen LogP contribution < -0.4 is 0 Å². The zero-order valence-corrected chi connectivity index (χ0v) is 9.64. The van der Waals surface area contributed by atoms with Crippen molar-refractivity contribution in [3.8, 4) is 0 Å². The lowest BCUT2D eigenvalue weighted by Crippen LogP contribution is -2.32. The molecule has 0 saturated heterocycles. The topological polar surface area (TPSA) is 23.5 Å². The first-order valence-corrected chi connectivity index (χ1v) is 5.41. The number of aliphatic hydroxyl groups is 1. The number of hydrogen-bond donors (Lipinski definition) is 1. The Kier molecular flexibility index (Phi) is 6.35. The molecule has 0 aromatic heterocycles. The summed E-state index contributed by atoms with van der Waals surface area (Å²) < 4.78 is 0. The molecule has 13 heavy (non-hydrogen) atoms. The van der Waals surface area contributed by atoms with Gasteiger partial charge in [0.15, 0.2) is 0 Å². The van der Waals surface area contributed by atoms with E-state index in [1.165, 1.54) is 0 Å². The highest BCUT2D eigenvalue weighted by atomic mass is 16.3. The van der Waals surface area contributed by atoms with Gasteiger partial charge in [-0.2, -0.15) is 0 Å². The summed E-state index contributed by atoms with van der Waals surface area (Å²) in [5, 5.41) is 10.2. The molecule has 2 nitrogen and oxygen atoms in total. The van der Waals surface area contributed by atoms with Crippen LogP contribution in [0.4, 0.5) is 0 Å². The normalized spacial score (nSPS) is 12.5. The number of rotatable bonds is 7. The Balaban J connectivity index is 3.91. The van der Waals surface area contributed by atoms with Crippen molar-refractivity contribution in [1.29, 1.82) is 0 Å². The van der Waals surface area contributed by atoms with Gasteiger partial charge in [-0.05, 0) is 33.4 Å². The van der Waals surface area contributed by atoms with E-state index in [4.69, 9.17) is 0 Å². The van der Waals surface area contributed by atoms with Crippen LogP contribution in [0.3, 0.4) is 0 Å². The van der Waals surface area contributed by atoms with Crippen LogP contribution in [-0.4, -0.2) is 36.2 Å². The smallest absolute Gasteiger partial charge is 0.0659 e. The zero-order valence-electron chi connectivity index (χ0n) is 9.64. The molecule has 0 amide bonds. The average Bonchev–Trinajstić information content (AvgIpc) is 2.02. The highest BCUT2D eigenvalue weighted by molar-refractivity contribution is 4.78. The molecule has 1 N–H and O–H groups in total. The van der Waals surface area contributed by atoms with Crippen LogP contribution in [0.15, 0.2) is 0 Å². The number of nitrogens with zero attached hydrogens (tertiary/aromatic N) is 1. The molecule has 80 valence electrons. The lowest BCUT2D eigenvalue weighted by atomic mass is 9.89. The maximum atomic E-state index is 10.2. The summed E-state index contributed by atoms with van der Waals surface area (Å²) in [6.45, 7) is 5.25. The Morgan fingerprint density at radius 1 is 1.00 bits per heavy atom. The van der Waals surface area contributed by atoms with Crippen LogP contribution in [0.2, 0.25) is 0 Å². The van der Waals surface area contributed by atoms with Crippen molar-refractivity contribution in [3.63, 3.8) is 0 Å². The molecule has 0 aromatic carbocycles. The molecule has 0 rings (SSSR count). The van der Waals surface area contributed by atoms with E-state index in [1.54, 1.807) is 0 Å². The Bertz CT molecular complexity index is 117. The van der Waals surface area contributed by atoms with Gasteiger partial charge >= 0.3 is 0 Å². The van der Waals surface area contributed by atoms with Gasteiger partial charge in [0.05, 0.1) is 5.60 Å². The molecule has 0 aliphatic rings. The Labute approximate surface area is 82.9 Å². The van der Waals surface area contributed by atoms with Crippen LogP contribution >= 0.6 is 0 Å². The third-order valence-corrected chi connectivity index (χ3v) is 2.46. The van der Waals surface area contributed by atoms with Gasteiger partial charge in [-0.15, -0.1) is 0 Å². The van der Waals surface area contributed by atoms with E-state index in [0.717, 1.165) is 38.6 Å². The summed E-state index contributed by atoms with van der Waals surface area (Å²) in [5.74, 6) is 0. The van der Waals surface area contributed by atoms with Crippen LogP contribution in [0.1, 0.15) is 46.0 Å². The quantitative estimate of drug-likeness (QED) is 0.661. The summed E-state index contributed by atoms with van der Waals surface area (Å²) >= 11 is 0. The van der Waals surface area contributed by atoms with Crippen LogP contribution in [0.25, 0.3) is 0 Å². The molecule has 0 saturated carbocycles. The second kappa shape index (κ2) is 6.39. The molecule has 0 fully saturated rings. The summed E-state index contributed by atoms with van der Waals surface area (Å²) in [5.41, 5.74) is -0.409. The molecule has 0 radical (unpaired) electrons. The molecule has 0 spiro atoms. The first kappa shape index (κ1) is 12.9. The fourth-order valence-corrected chi connectivity index (χ4v) is 1.74.